The fraction of sp³-hybridized carbons (Fsp3) is 0.283. The predicted molar refractivity (Wildman–Crippen MR) is 502 cm³/mol. The Kier molecular flexibility index (Phi) is 18.7. The summed E-state index contributed by atoms with van der Waals surface area (Å²) < 4.78 is 72.0. The maximum Gasteiger partial charge on any atom is 0.227 e. The lowest BCUT2D eigenvalue weighted by molar-refractivity contribution is 0.263. The van der Waals surface area contributed by atoms with Crippen LogP contribution in [-0.2, 0) is 0 Å². The van der Waals surface area contributed by atoms with Gasteiger partial charge in [-0.25, -0.2) is 54.8 Å². The van der Waals surface area contributed by atoms with Gasteiger partial charge in [0.15, 0.2) is 62.8 Å². The van der Waals surface area contributed by atoms with Crippen LogP contribution in [0, 0.1) is 48.5 Å². The average Bonchev–Trinajstić information content (AvgIpc) is 1.57. The van der Waals surface area contributed by atoms with Crippen LogP contribution in [0.5, 0.6) is 0 Å². The van der Waals surface area contributed by atoms with Crippen molar-refractivity contribution >= 4 is 174 Å². The van der Waals surface area contributed by atoms with Crippen LogP contribution in [0.3, 0.4) is 0 Å². The van der Waals surface area contributed by atoms with Gasteiger partial charge >= 0.3 is 0 Å². The van der Waals surface area contributed by atoms with Crippen LogP contribution in [0.15, 0.2) is 224 Å². The molecule has 0 saturated heterocycles. The number of aryl methyl sites for hydroxylation is 7. The minimum atomic E-state index is -2.35. The number of benzene rings is 5. The molecule has 125 heavy (non-hydrogen) atoms. The zero-order valence-corrected chi connectivity index (χ0v) is 73.4. The van der Waals surface area contributed by atoms with E-state index in [1.54, 1.807) is 49.6 Å². The van der Waals surface area contributed by atoms with Crippen LogP contribution >= 0.6 is 0 Å². The number of rotatable bonds is 8. The molecule has 18 aromatic rings. The SMILES string of the molecule is Cc1ccc2c(n1)oc1c(N3C=CN(C(C)C)C3C)c(C)ccc12.Cc1ccc2c(n1)oc1c(N3C=CN(C)C3C)c(C)ccc12.[2H]C(C)(C)N1c2nccnc2N(c2c(C)ccc3c2oc2ncccc23)C1C.[2H]C(C)(C)N1c2nccnc2N(c2c(C)ccc3c2oc2ncccc23)C1C.[2H]C([2H])([2H])N1c2nccnc2N(c2c(C)ccc3c2oc2ncccc23)C1C. The molecule has 26 heteroatoms. The van der Waals surface area contributed by atoms with Gasteiger partial charge in [0.1, 0.15) is 30.8 Å². The second kappa shape index (κ2) is 31.5. The number of pyridine rings is 5. The van der Waals surface area contributed by atoms with Gasteiger partial charge in [0.05, 0.1) is 31.2 Å². The van der Waals surface area contributed by atoms with Gasteiger partial charge < -0.3 is 56.4 Å². The van der Waals surface area contributed by atoms with E-state index >= 15 is 0 Å². The molecule has 0 saturated carbocycles. The van der Waals surface area contributed by atoms with E-state index < -0.39 is 25.2 Å². The van der Waals surface area contributed by atoms with Gasteiger partial charge in [0.25, 0.3) is 0 Å². The highest BCUT2D eigenvalue weighted by molar-refractivity contribution is 6.14. The molecule has 5 aliphatic rings. The summed E-state index contributed by atoms with van der Waals surface area (Å²) >= 11 is 0. The molecule has 0 radical (unpaired) electrons. The second-order valence-corrected chi connectivity index (χ2v) is 33.2. The van der Waals surface area contributed by atoms with E-state index in [1.807, 2.05) is 131 Å². The van der Waals surface area contributed by atoms with Crippen molar-refractivity contribution in [2.24, 2.45) is 0 Å². The number of fused-ring (bicyclic) bond motifs is 18. The lowest BCUT2D eigenvalue weighted by Gasteiger charge is -2.33. The smallest absolute Gasteiger partial charge is 0.227 e. The molecule has 5 aliphatic heterocycles. The Morgan fingerprint density at radius 2 is 0.624 bits per heavy atom. The zero-order valence-electron chi connectivity index (χ0n) is 78.4. The first-order chi connectivity index (χ1) is 62.2. The molecule has 0 amide bonds. The summed E-state index contributed by atoms with van der Waals surface area (Å²) in [7, 11) is 2.08. The normalized spacial score (nSPS) is 18.0. The summed E-state index contributed by atoms with van der Waals surface area (Å²) in [5.41, 5.74) is 19.6. The molecule has 632 valence electrons. The first-order valence-corrected chi connectivity index (χ1v) is 42.2. The molecule has 5 atom stereocenters. The van der Waals surface area contributed by atoms with Gasteiger partial charge in [-0.1, -0.05) is 60.7 Å². The van der Waals surface area contributed by atoms with Gasteiger partial charge in [-0.2, -0.15) is 0 Å². The summed E-state index contributed by atoms with van der Waals surface area (Å²) in [6, 6.07) is 39.7. The molecule has 0 N–H and O–H groups in total. The van der Waals surface area contributed by atoms with Crippen molar-refractivity contribution in [3.05, 3.63) is 241 Å². The van der Waals surface area contributed by atoms with E-state index in [2.05, 4.69) is 246 Å². The number of furan rings is 5. The Labute approximate surface area is 731 Å². The zero-order chi connectivity index (χ0) is 91.3. The first kappa shape index (κ1) is 74.4. The van der Waals surface area contributed by atoms with Crippen molar-refractivity contribution < 1.29 is 28.9 Å². The van der Waals surface area contributed by atoms with Crippen molar-refractivity contribution in [3.8, 4) is 0 Å². The minimum Gasteiger partial charge on any atom is -0.435 e. The van der Waals surface area contributed by atoms with Crippen LogP contribution < -0.4 is 39.2 Å². The number of hydrogen-bond donors (Lipinski definition) is 0. The quantitative estimate of drug-likeness (QED) is 0.137. The molecule has 23 rings (SSSR count). The monoisotopic (exact) mass is 1670 g/mol. The molecule has 0 aliphatic carbocycles. The third-order valence-corrected chi connectivity index (χ3v) is 24.5. The summed E-state index contributed by atoms with van der Waals surface area (Å²) in [6.45, 7) is 34.2. The molecule has 0 bridgehead atoms. The predicted octanol–water partition coefficient (Wildman–Crippen LogP) is 22.7. The van der Waals surface area contributed by atoms with Crippen LogP contribution in [0.25, 0.3) is 110 Å². The van der Waals surface area contributed by atoms with Crippen LogP contribution in [0.4, 0.5) is 63.3 Å². The summed E-state index contributed by atoms with van der Waals surface area (Å²) in [5, 5.41) is 10.3. The van der Waals surface area contributed by atoms with E-state index in [0.717, 1.165) is 144 Å². The number of anilines is 11. The molecule has 5 aromatic carbocycles. The van der Waals surface area contributed by atoms with Crippen LogP contribution in [0.2, 0.25) is 0 Å². The minimum absolute atomic E-state index is 0.143. The van der Waals surface area contributed by atoms with E-state index in [0.29, 0.717) is 63.5 Å². The van der Waals surface area contributed by atoms with Gasteiger partial charge in [-0.05, 0) is 213 Å². The molecule has 0 spiro atoms. The summed E-state index contributed by atoms with van der Waals surface area (Å²) in [5.74, 6) is 3.72. The Morgan fingerprint density at radius 1 is 0.312 bits per heavy atom. The van der Waals surface area contributed by atoms with Crippen molar-refractivity contribution in [2.75, 3.05) is 53.2 Å². The van der Waals surface area contributed by atoms with Gasteiger partial charge in [-0.15, -0.1) is 0 Å². The van der Waals surface area contributed by atoms with Crippen LogP contribution in [-0.4, -0.2) is 128 Å². The third-order valence-electron chi connectivity index (χ3n) is 24.5. The summed E-state index contributed by atoms with van der Waals surface area (Å²) in [6.07, 6.45) is 23.2. The molecule has 5 unspecified atom stereocenters. The Morgan fingerprint density at radius 3 is 0.976 bits per heavy atom. The van der Waals surface area contributed by atoms with Crippen molar-refractivity contribution in [2.45, 2.75) is 174 Å². The van der Waals surface area contributed by atoms with E-state index in [-0.39, 0.29) is 24.7 Å². The lowest BCUT2D eigenvalue weighted by atomic mass is 10.1. The lowest BCUT2D eigenvalue weighted by Crippen LogP contribution is -2.42. The molecule has 13 aromatic heterocycles. The number of aromatic nitrogens is 11. The molecular weight excluding hydrogens is 1560 g/mol. The Balaban J connectivity index is 0.000000106. The van der Waals surface area contributed by atoms with Gasteiger partial charge in [0.2, 0.25) is 28.6 Å². The highest BCUT2D eigenvalue weighted by atomic mass is 16.4. The first-order valence-electron chi connectivity index (χ1n) is 44.7. The maximum absolute atomic E-state index is 8.65. The standard InChI is InChI=1S/2C21H21N5O.C20H23N3O.C19H17N5O.C18H19N3O/c2*1-12(2)25-14(4)26(20-19(25)22-10-11-23-20)17-13(3)7-8-15-16-6-5-9-24-21(16)27-18(15)17;1-12(2)22-10-11-23(15(22)5)18-13(3)6-8-16-17-9-7-14(4)21-20(17)24-19(16)18;1-11-6-7-13-14-5-4-8-22-19(14)25-16(13)15(11)24-12(2)23(3)17-18(24)21-10-9-20-17;1-11-5-7-14-15-8-6-12(2)19-18(15)22-17(14)16(11)21-10-9-20(4)13(21)3/h2*5-12,14H,1-4H3;6-12,15H,1-5H3;4-10,12H,1-3H3;5-10,13H,1-4H3/i2*12D;;3D3;. The van der Waals surface area contributed by atoms with E-state index in [4.69, 9.17) is 28.9 Å². The van der Waals surface area contributed by atoms with Crippen molar-refractivity contribution in [1.82, 2.24) is 64.6 Å². The molecule has 0 fully saturated rings. The van der Waals surface area contributed by atoms with E-state index in [1.165, 1.54) is 22.2 Å². The van der Waals surface area contributed by atoms with E-state index in [9.17, 15) is 0 Å². The Bertz CT molecular complexity index is 7100. The second-order valence-electron chi connectivity index (χ2n) is 33.2. The number of hydrogen-bond acceptors (Lipinski definition) is 26. The van der Waals surface area contributed by atoms with Crippen molar-refractivity contribution in [1.29, 1.82) is 0 Å². The average molecular weight is 1670 g/mol. The molecular formula is C99H101N21O5. The highest BCUT2D eigenvalue weighted by Crippen LogP contribution is 2.52. The highest BCUT2D eigenvalue weighted by Gasteiger charge is 2.43. The number of nitrogens with zero attached hydrogens (tertiary/aromatic N) is 21. The van der Waals surface area contributed by atoms with Gasteiger partial charge in [0, 0.05) is 182 Å². The fourth-order valence-electron chi connectivity index (χ4n) is 18.3. The third kappa shape index (κ3) is 13.3. The molecule has 26 nitrogen and oxygen atoms in total. The summed E-state index contributed by atoms with van der Waals surface area (Å²) in [4.78, 5) is 69.7. The van der Waals surface area contributed by atoms with Gasteiger partial charge in [-0.3, -0.25) is 14.7 Å². The fourth-order valence-corrected chi connectivity index (χ4v) is 18.3. The topological polar surface area (TPSA) is 240 Å². The van der Waals surface area contributed by atoms with Crippen LogP contribution in [0.1, 0.15) is 122 Å². The van der Waals surface area contributed by atoms with Crippen molar-refractivity contribution in [3.63, 3.8) is 0 Å². The maximum atomic E-state index is 8.65. The Hall–Kier alpha value is -14.4. The largest absolute Gasteiger partial charge is 0.435 e. The molecule has 18 heterocycles.